The molecule has 0 aliphatic carbocycles. The lowest BCUT2D eigenvalue weighted by Crippen LogP contribution is -2.12. The van der Waals surface area contributed by atoms with E-state index in [9.17, 15) is 0 Å². The van der Waals surface area contributed by atoms with Gasteiger partial charge >= 0.3 is 0 Å². The molecule has 1 aromatic carbocycles. The van der Waals surface area contributed by atoms with E-state index in [-0.39, 0.29) is 0 Å². The quantitative estimate of drug-likeness (QED) is 0.811. The molecule has 0 saturated carbocycles. The van der Waals surface area contributed by atoms with Gasteiger partial charge in [-0.3, -0.25) is 0 Å². The van der Waals surface area contributed by atoms with Crippen molar-refractivity contribution in [3.05, 3.63) is 29.3 Å². The summed E-state index contributed by atoms with van der Waals surface area (Å²) in [5.41, 5.74) is 4.66. The van der Waals surface area contributed by atoms with Crippen LogP contribution in [-0.2, 0) is 12.8 Å². The molecule has 1 saturated heterocycles. The average molecular weight is 216 g/mol. The van der Waals surface area contributed by atoms with Crippen LogP contribution in [0.1, 0.15) is 17.5 Å². The second-order valence-electron chi connectivity index (χ2n) is 5.15. The molecule has 2 aliphatic rings. The van der Waals surface area contributed by atoms with Crippen LogP contribution in [0.4, 0.5) is 5.69 Å². The number of fused-ring (bicyclic) bond motifs is 1. The molecule has 2 aliphatic heterocycles. The molecule has 1 atom stereocenters. The van der Waals surface area contributed by atoms with Crippen LogP contribution in [0.5, 0.6) is 0 Å². The summed E-state index contributed by atoms with van der Waals surface area (Å²) in [7, 11) is 2.20. The van der Waals surface area contributed by atoms with Gasteiger partial charge in [-0.15, -0.1) is 0 Å². The Balaban J connectivity index is 1.84. The minimum absolute atomic E-state index is 0.859. The lowest BCUT2D eigenvalue weighted by atomic mass is 9.94. The maximum absolute atomic E-state index is 3.46. The van der Waals surface area contributed by atoms with Crippen molar-refractivity contribution in [2.75, 3.05) is 31.6 Å². The first-order valence-electron chi connectivity index (χ1n) is 6.37. The van der Waals surface area contributed by atoms with Crippen molar-refractivity contribution in [2.24, 2.45) is 5.92 Å². The van der Waals surface area contributed by atoms with Gasteiger partial charge in [0.05, 0.1) is 0 Å². The number of hydrogen-bond acceptors (Lipinski definition) is 2. The Labute approximate surface area is 97.6 Å². The fourth-order valence-electron chi connectivity index (χ4n) is 3.06. The fraction of sp³-hybridized carbons (Fsp3) is 0.571. The van der Waals surface area contributed by atoms with Gasteiger partial charge in [0.2, 0.25) is 0 Å². The second kappa shape index (κ2) is 4.10. The van der Waals surface area contributed by atoms with Crippen molar-refractivity contribution in [1.82, 2.24) is 5.32 Å². The van der Waals surface area contributed by atoms with Crippen molar-refractivity contribution in [1.29, 1.82) is 0 Å². The molecule has 1 aromatic rings. The van der Waals surface area contributed by atoms with E-state index in [1.807, 2.05) is 0 Å². The Bertz CT molecular complexity index is 380. The molecule has 0 bridgehead atoms. The van der Waals surface area contributed by atoms with Gasteiger partial charge in [-0.1, -0.05) is 12.1 Å². The molecule has 0 spiro atoms. The summed E-state index contributed by atoms with van der Waals surface area (Å²) < 4.78 is 0. The minimum atomic E-state index is 0.859. The van der Waals surface area contributed by atoms with Crippen molar-refractivity contribution in [2.45, 2.75) is 19.3 Å². The van der Waals surface area contributed by atoms with Crippen LogP contribution >= 0.6 is 0 Å². The van der Waals surface area contributed by atoms with Gasteiger partial charge in [-0.25, -0.2) is 0 Å². The van der Waals surface area contributed by atoms with E-state index in [2.05, 4.69) is 35.5 Å². The molecule has 16 heavy (non-hydrogen) atoms. The van der Waals surface area contributed by atoms with Gasteiger partial charge in [0.15, 0.2) is 0 Å². The van der Waals surface area contributed by atoms with Gasteiger partial charge in [0.25, 0.3) is 0 Å². The van der Waals surface area contributed by atoms with Crippen LogP contribution < -0.4 is 10.2 Å². The largest absolute Gasteiger partial charge is 0.374 e. The van der Waals surface area contributed by atoms with E-state index >= 15 is 0 Å². The first-order valence-corrected chi connectivity index (χ1v) is 6.37. The zero-order valence-corrected chi connectivity index (χ0v) is 10.00. The van der Waals surface area contributed by atoms with E-state index < -0.39 is 0 Å². The molecule has 2 heterocycles. The predicted octanol–water partition coefficient (Wildman–Crippen LogP) is 1.83. The van der Waals surface area contributed by atoms with Crippen molar-refractivity contribution in [3.63, 3.8) is 0 Å². The van der Waals surface area contributed by atoms with Crippen molar-refractivity contribution in [3.8, 4) is 0 Å². The SMILES string of the molecule is CN1CCc2c(CC3CCNC3)cccc21. The van der Waals surface area contributed by atoms with Crippen LogP contribution in [0.3, 0.4) is 0 Å². The zero-order valence-electron chi connectivity index (χ0n) is 10.00. The smallest absolute Gasteiger partial charge is 0.0399 e. The normalized spacial score (nSPS) is 23.8. The first-order chi connectivity index (χ1) is 7.84. The highest BCUT2D eigenvalue weighted by Gasteiger charge is 2.21. The number of rotatable bonds is 2. The van der Waals surface area contributed by atoms with Crippen LogP contribution in [0.25, 0.3) is 0 Å². The maximum Gasteiger partial charge on any atom is 0.0399 e. The number of hydrogen-bond donors (Lipinski definition) is 1. The molecule has 0 aromatic heterocycles. The van der Waals surface area contributed by atoms with Gasteiger partial charge < -0.3 is 10.2 Å². The second-order valence-corrected chi connectivity index (χ2v) is 5.15. The van der Waals surface area contributed by atoms with Crippen LogP contribution in [0.2, 0.25) is 0 Å². The first kappa shape index (κ1) is 10.2. The van der Waals surface area contributed by atoms with E-state index in [1.165, 1.54) is 44.6 Å². The van der Waals surface area contributed by atoms with E-state index in [4.69, 9.17) is 0 Å². The Kier molecular flexibility index (Phi) is 2.60. The third kappa shape index (κ3) is 1.71. The molecule has 3 rings (SSSR count). The lowest BCUT2D eigenvalue weighted by Gasteiger charge is -2.15. The molecule has 1 fully saturated rings. The highest BCUT2D eigenvalue weighted by Crippen LogP contribution is 2.31. The third-order valence-corrected chi connectivity index (χ3v) is 4.03. The molecule has 1 unspecified atom stereocenters. The van der Waals surface area contributed by atoms with Gasteiger partial charge in [-0.2, -0.15) is 0 Å². The summed E-state index contributed by atoms with van der Waals surface area (Å²) in [6.45, 7) is 3.61. The molecule has 0 amide bonds. The summed E-state index contributed by atoms with van der Waals surface area (Å²) >= 11 is 0. The number of anilines is 1. The van der Waals surface area contributed by atoms with E-state index in [0.717, 1.165) is 5.92 Å². The third-order valence-electron chi connectivity index (χ3n) is 4.03. The monoisotopic (exact) mass is 216 g/mol. The molecule has 0 radical (unpaired) electrons. The van der Waals surface area contributed by atoms with Crippen molar-refractivity contribution >= 4 is 5.69 Å². The Morgan fingerprint density at radius 1 is 1.44 bits per heavy atom. The minimum Gasteiger partial charge on any atom is -0.374 e. The number of benzene rings is 1. The van der Waals surface area contributed by atoms with Gasteiger partial charge in [0.1, 0.15) is 0 Å². The van der Waals surface area contributed by atoms with Crippen LogP contribution in [0, 0.1) is 5.92 Å². The molecular formula is C14H20N2. The summed E-state index contributed by atoms with van der Waals surface area (Å²) in [5, 5.41) is 3.46. The number of likely N-dealkylation sites (N-methyl/N-ethyl adjacent to an activating group) is 1. The van der Waals surface area contributed by atoms with E-state index in [0.29, 0.717) is 0 Å². The van der Waals surface area contributed by atoms with Gasteiger partial charge in [0, 0.05) is 19.3 Å². The topological polar surface area (TPSA) is 15.3 Å². The predicted molar refractivity (Wildman–Crippen MR) is 68.1 cm³/mol. The molecule has 2 nitrogen and oxygen atoms in total. The maximum atomic E-state index is 3.46. The summed E-state index contributed by atoms with van der Waals surface area (Å²) in [6.07, 6.45) is 3.85. The molecule has 86 valence electrons. The molecular weight excluding hydrogens is 196 g/mol. The summed E-state index contributed by atoms with van der Waals surface area (Å²) in [6, 6.07) is 6.81. The number of nitrogens with one attached hydrogen (secondary N) is 1. The van der Waals surface area contributed by atoms with Gasteiger partial charge in [-0.05, 0) is 55.5 Å². The van der Waals surface area contributed by atoms with Crippen LogP contribution in [0.15, 0.2) is 18.2 Å². The van der Waals surface area contributed by atoms with E-state index in [1.54, 1.807) is 11.1 Å². The fourth-order valence-corrected chi connectivity index (χ4v) is 3.06. The standard InChI is InChI=1S/C14H20N2/c1-16-8-6-13-12(3-2-4-14(13)16)9-11-5-7-15-10-11/h2-4,11,15H,5-10H2,1H3. The summed E-state index contributed by atoms with van der Waals surface area (Å²) in [5.74, 6) is 0.859. The average Bonchev–Trinajstić information content (AvgIpc) is 2.90. The Morgan fingerprint density at radius 3 is 3.19 bits per heavy atom. The van der Waals surface area contributed by atoms with Crippen LogP contribution in [-0.4, -0.2) is 26.7 Å². The highest BCUT2D eigenvalue weighted by molar-refractivity contribution is 5.60. The zero-order chi connectivity index (χ0) is 11.0. The Hall–Kier alpha value is -1.02. The Morgan fingerprint density at radius 2 is 2.38 bits per heavy atom. The number of nitrogens with zero attached hydrogens (tertiary/aromatic N) is 1. The lowest BCUT2D eigenvalue weighted by molar-refractivity contribution is 0.578. The molecule has 2 heteroatoms. The summed E-state index contributed by atoms with van der Waals surface area (Å²) in [4.78, 5) is 2.38. The van der Waals surface area contributed by atoms with Crippen molar-refractivity contribution < 1.29 is 0 Å². The molecule has 1 N–H and O–H groups in total. The highest BCUT2D eigenvalue weighted by atomic mass is 15.1.